The van der Waals surface area contributed by atoms with Crippen molar-refractivity contribution in [3.63, 3.8) is 0 Å². The molecule has 2 rings (SSSR count). The number of likely N-dealkylation sites (tertiary alicyclic amines) is 1. The van der Waals surface area contributed by atoms with Crippen molar-refractivity contribution in [3.8, 4) is 5.88 Å². The number of ether oxygens (including phenoxy) is 2. The lowest BCUT2D eigenvalue weighted by atomic mass is 9.75. The van der Waals surface area contributed by atoms with Crippen LogP contribution in [0.5, 0.6) is 5.88 Å². The van der Waals surface area contributed by atoms with Crippen LogP contribution in [-0.4, -0.2) is 40.9 Å². The van der Waals surface area contributed by atoms with E-state index in [0.29, 0.717) is 29.3 Å². The van der Waals surface area contributed by atoms with Crippen molar-refractivity contribution >= 4 is 22.0 Å². The van der Waals surface area contributed by atoms with Crippen molar-refractivity contribution in [1.29, 1.82) is 0 Å². The van der Waals surface area contributed by atoms with E-state index in [0.717, 1.165) is 0 Å². The Balaban J connectivity index is 2.00. The van der Waals surface area contributed by atoms with Gasteiger partial charge < -0.3 is 18.9 Å². The van der Waals surface area contributed by atoms with Gasteiger partial charge in [0, 0.05) is 12.0 Å². The zero-order valence-electron chi connectivity index (χ0n) is 13.9. The second-order valence-electron chi connectivity index (χ2n) is 7.28. The second-order valence-corrected chi connectivity index (χ2v) is 8.07. The Kier molecular flexibility index (Phi) is 4.48. The fraction of sp³-hybridized carbons (Fsp3) is 0.733. The van der Waals surface area contributed by atoms with Crippen LogP contribution in [0.3, 0.4) is 0 Å². The maximum absolute atomic E-state index is 12.2. The summed E-state index contributed by atoms with van der Waals surface area (Å²) in [6.07, 6.45) is -0.309. The van der Waals surface area contributed by atoms with E-state index in [1.165, 1.54) is 0 Å². The minimum Gasteiger partial charge on any atom is -0.472 e. The molecule has 0 radical (unpaired) electrons. The van der Waals surface area contributed by atoms with Gasteiger partial charge in [0.2, 0.25) is 0 Å². The molecule has 1 saturated heterocycles. The summed E-state index contributed by atoms with van der Waals surface area (Å²) in [4.78, 5) is 13.9. The van der Waals surface area contributed by atoms with Crippen molar-refractivity contribution < 1.29 is 18.8 Å². The van der Waals surface area contributed by atoms with Gasteiger partial charge in [0.05, 0.1) is 6.04 Å². The third-order valence-corrected chi connectivity index (χ3v) is 4.52. The Labute approximate surface area is 139 Å². The largest absolute Gasteiger partial charge is 0.472 e. The number of aromatic nitrogens is 1. The van der Waals surface area contributed by atoms with E-state index in [4.69, 9.17) is 14.0 Å². The average Bonchev–Trinajstić information content (AvgIpc) is 2.66. The molecule has 124 valence electrons. The average molecular weight is 375 g/mol. The number of aryl methyl sites for hydroxylation is 1. The van der Waals surface area contributed by atoms with Gasteiger partial charge in [-0.25, -0.2) is 4.79 Å². The molecule has 0 N–H and O–H groups in total. The van der Waals surface area contributed by atoms with E-state index in [1.807, 2.05) is 20.8 Å². The summed E-state index contributed by atoms with van der Waals surface area (Å²) in [5.41, 5.74) is -0.531. The number of hydrogen-bond donors (Lipinski definition) is 0. The van der Waals surface area contributed by atoms with Gasteiger partial charge in [-0.05, 0) is 48.8 Å². The van der Waals surface area contributed by atoms with Gasteiger partial charge in [0.15, 0.2) is 5.76 Å². The van der Waals surface area contributed by atoms with Gasteiger partial charge in [0.1, 0.15) is 16.7 Å². The Hall–Kier alpha value is -1.24. The lowest BCUT2D eigenvalue weighted by Crippen LogP contribution is -2.66. The van der Waals surface area contributed by atoms with Gasteiger partial charge in [0.25, 0.3) is 5.88 Å². The van der Waals surface area contributed by atoms with Crippen molar-refractivity contribution in [2.75, 3.05) is 13.2 Å². The van der Waals surface area contributed by atoms with E-state index in [1.54, 1.807) is 11.8 Å². The van der Waals surface area contributed by atoms with Crippen LogP contribution in [0.2, 0.25) is 0 Å². The first-order valence-electron chi connectivity index (χ1n) is 7.25. The van der Waals surface area contributed by atoms with E-state index < -0.39 is 5.60 Å². The lowest BCUT2D eigenvalue weighted by molar-refractivity contribution is -0.0786. The first kappa shape index (κ1) is 17.1. The molecule has 1 aromatic heterocycles. The molecular formula is C15H23BrN2O4. The maximum Gasteiger partial charge on any atom is 0.410 e. The van der Waals surface area contributed by atoms with Crippen LogP contribution >= 0.6 is 15.9 Å². The molecule has 0 aliphatic carbocycles. The predicted molar refractivity (Wildman–Crippen MR) is 84.9 cm³/mol. The molecule has 7 heteroatoms. The zero-order chi connectivity index (χ0) is 16.7. The highest BCUT2D eigenvalue weighted by Crippen LogP contribution is 2.38. The van der Waals surface area contributed by atoms with E-state index in [2.05, 4.69) is 34.9 Å². The Bertz CT molecular complexity index is 562. The van der Waals surface area contributed by atoms with Gasteiger partial charge in [-0.2, -0.15) is 0 Å². The van der Waals surface area contributed by atoms with E-state index in [-0.39, 0.29) is 17.6 Å². The lowest BCUT2D eigenvalue weighted by Gasteiger charge is -2.53. The third kappa shape index (κ3) is 3.56. The highest BCUT2D eigenvalue weighted by Gasteiger charge is 2.50. The van der Waals surface area contributed by atoms with E-state index in [9.17, 15) is 4.79 Å². The second kappa shape index (κ2) is 5.76. The first-order valence-corrected chi connectivity index (χ1v) is 8.05. The standard InChI is InChI=1S/C15H23BrN2O4/c1-9-11(16)12(17-22-9)20-7-10-15(5,6)8-18(10)13(19)21-14(2,3)4/h10H,7-8H2,1-6H3/t10-/m1/s1. The van der Waals surface area contributed by atoms with Crippen molar-refractivity contribution in [2.24, 2.45) is 5.41 Å². The number of halogens is 1. The summed E-state index contributed by atoms with van der Waals surface area (Å²) in [6, 6.07) is -0.0637. The van der Waals surface area contributed by atoms with Crippen LogP contribution in [0.4, 0.5) is 4.79 Å². The van der Waals surface area contributed by atoms with Crippen molar-refractivity contribution in [3.05, 3.63) is 10.2 Å². The summed E-state index contributed by atoms with van der Waals surface area (Å²) in [5.74, 6) is 1.07. The number of nitrogens with zero attached hydrogens (tertiary/aromatic N) is 2. The highest BCUT2D eigenvalue weighted by molar-refractivity contribution is 9.10. The zero-order valence-corrected chi connectivity index (χ0v) is 15.5. The van der Waals surface area contributed by atoms with Gasteiger partial charge in [-0.3, -0.25) is 0 Å². The Morgan fingerprint density at radius 2 is 2.14 bits per heavy atom. The molecule has 0 aromatic carbocycles. The summed E-state index contributed by atoms with van der Waals surface area (Å²) >= 11 is 3.37. The maximum atomic E-state index is 12.2. The topological polar surface area (TPSA) is 64.8 Å². The minimum absolute atomic E-state index is 0.0256. The highest BCUT2D eigenvalue weighted by atomic mass is 79.9. The van der Waals surface area contributed by atoms with E-state index >= 15 is 0 Å². The van der Waals surface area contributed by atoms with Gasteiger partial charge in [-0.15, -0.1) is 0 Å². The number of carbonyl (C=O) groups is 1. The molecule has 1 aliphatic heterocycles. The van der Waals surface area contributed by atoms with Gasteiger partial charge >= 0.3 is 6.09 Å². The number of carbonyl (C=O) groups excluding carboxylic acids is 1. The molecule has 1 fully saturated rings. The fourth-order valence-electron chi connectivity index (χ4n) is 2.38. The quantitative estimate of drug-likeness (QED) is 0.805. The summed E-state index contributed by atoms with van der Waals surface area (Å²) in [6.45, 7) is 12.6. The molecule has 1 amide bonds. The molecule has 6 nitrogen and oxygen atoms in total. The summed E-state index contributed by atoms with van der Waals surface area (Å²) < 4.78 is 16.9. The van der Waals surface area contributed by atoms with Gasteiger partial charge in [-0.1, -0.05) is 13.8 Å². The summed E-state index contributed by atoms with van der Waals surface area (Å²) in [7, 11) is 0. The van der Waals surface area contributed by atoms with Crippen LogP contribution in [0.25, 0.3) is 0 Å². The molecule has 0 saturated carbocycles. The van der Waals surface area contributed by atoms with Crippen molar-refractivity contribution in [1.82, 2.24) is 10.1 Å². The molecule has 0 unspecified atom stereocenters. The molecule has 2 heterocycles. The Morgan fingerprint density at radius 1 is 1.50 bits per heavy atom. The monoisotopic (exact) mass is 374 g/mol. The SMILES string of the molecule is Cc1onc(OC[C@H]2N(C(=O)OC(C)(C)C)CC2(C)C)c1Br. The molecule has 0 bridgehead atoms. The predicted octanol–water partition coefficient (Wildman–Crippen LogP) is 3.77. The van der Waals surface area contributed by atoms with Crippen molar-refractivity contribution in [2.45, 2.75) is 53.2 Å². The number of hydrogen-bond acceptors (Lipinski definition) is 5. The number of rotatable bonds is 3. The van der Waals surface area contributed by atoms with Crippen LogP contribution in [0.1, 0.15) is 40.4 Å². The minimum atomic E-state index is -0.505. The summed E-state index contributed by atoms with van der Waals surface area (Å²) in [5, 5.41) is 3.84. The van der Waals surface area contributed by atoms with Crippen LogP contribution in [0.15, 0.2) is 9.00 Å². The molecular weight excluding hydrogens is 352 g/mol. The van der Waals surface area contributed by atoms with Crippen LogP contribution < -0.4 is 4.74 Å². The molecule has 1 aromatic rings. The first-order chi connectivity index (χ1) is 10.0. The fourth-order valence-corrected chi connectivity index (χ4v) is 2.64. The third-order valence-electron chi connectivity index (χ3n) is 3.62. The molecule has 22 heavy (non-hydrogen) atoms. The smallest absolute Gasteiger partial charge is 0.410 e. The molecule has 0 spiro atoms. The molecule has 1 aliphatic rings. The Morgan fingerprint density at radius 3 is 2.59 bits per heavy atom. The van der Waals surface area contributed by atoms with Crippen LogP contribution in [-0.2, 0) is 4.74 Å². The van der Waals surface area contributed by atoms with Crippen LogP contribution in [0, 0.1) is 12.3 Å². The molecule has 1 atom stereocenters. The number of amides is 1. The normalized spacial score (nSPS) is 20.5.